The Morgan fingerprint density at radius 3 is 2.62 bits per heavy atom. The first-order valence-corrected chi connectivity index (χ1v) is 12.0. The van der Waals surface area contributed by atoms with Crippen LogP contribution in [0.3, 0.4) is 0 Å². The normalized spacial score (nSPS) is 12.6. The third-order valence-electron chi connectivity index (χ3n) is 6.46. The van der Waals surface area contributed by atoms with Gasteiger partial charge in [-0.15, -0.1) is 0 Å². The fourth-order valence-corrected chi connectivity index (χ4v) is 4.46. The molecule has 2 heterocycles. The number of carbonyl (C=O) groups is 1. The molecule has 4 aromatic rings. The largest absolute Gasteiger partial charge is 0.508 e. The van der Waals surface area contributed by atoms with Gasteiger partial charge in [-0.1, -0.05) is 42.5 Å². The van der Waals surface area contributed by atoms with Gasteiger partial charge in [0.05, 0.1) is 0 Å². The molecule has 8 nitrogen and oxygen atoms in total. The van der Waals surface area contributed by atoms with E-state index in [2.05, 4.69) is 5.32 Å². The maximum absolute atomic E-state index is 13.7. The van der Waals surface area contributed by atoms with Gasteiger partial charge in [0, 0.05) is 55.9 Å². The molecule has 0 spiro atoms. The predicted molar refractivity (Wildman–Crippen MR) is 140 cm³/mol. The summed E-state index contributed by atoms with van der Waals surface area (Å²) in [5.74, 6) is -0.815. The number of pyridine rings is 1. The first-order valence-electron chi connectivity index (χ1n) is 12.0. The average molecular weight is 498 g/mol. The summed E-state index contributed by atoms with van der Waals surface area (Å²) in [4.78, 5) is 27.4. The number of benzene rings is 3. The number of anilines is 2. The summed E-state index contributed by atoms with van der Waals surface area (Å²) in [6.07, 6.45) is 2.33. The van der Waals surface area contributed by atoms with Crippen molar-refractivity contribution >= 4 is 17.3 Å². The monoisotopic (exact) mass is 497 g/mol. The van der Waals surface area contributed by atoms with E-state index in [4.69, 9.17) is 4.74 Å². The van der Waals surface area contributed by atoms with Crippen LogP contribution in [-0.2, 0) is 26.6 Å². The Labute approximate surface area is 214 Å². The molecule has 0 radical (unpaired) electrons. The quantitative estimate of drug-likeness (QED) is 0.367. The third kappa shape index (κ3) is 5.13. The highest BCUT2D eigenvalue weighted by Crippen LogP contribution is 2.36. The first-order chi connectivity index (χ1) is 17.9. The van der Waals surface area contributed by atoms with Crippen molar-refractivity contribution in [2.75, 3.05) is 11.9 Å². The highest BCUT2D eigenvalue weighted by atomic mass is 16.5. The smallest absolute Gasteiger partial charge is 0.261 e. The summed E-state index contributed by atoms with van der Waals surface area (Å²) in [5, 5.41) is 24.0. The lowest BCUT2D eigenvalue weighted by molar-refractivity contribution is 0.0727. The van der Waals surface area contributed by atoms with Crippen LogP contribution in [0.5, 0.6) is 17.2 Å². The van der Waals surface area contributed by atoms with Crippen molar-refractivity contribution in [2.45, 2.75) is 19.6 Å². The van der Waals surface area contributed by atoms with Crippen molar-refractivity contribution in [3.8, 4) is 17.2 Å². The maximum Gasteiger partial charge on any atom is 0.261 e. The summed E-state index contributed by atoms with van der Waals surface area (Å²) in [6, 6.07) is 21.2. The van der Waals surface area contributed by atoms with E-state index in [9.17, 15) is 19.8 Å². The molecule has 1 aromatic heterocycles. The van der Waals surface area contributed by atoms with Crippen LogP contribution in [0.25, 0.3) is 0 Å². The van der Waals surface area contributed by atoms with E-state index in [0.717, 1.165) is 28.4 Å². The number of rotatable bonds is 6. The number of carbonyl (C=O) groups excluding carboxylic acids is 1. The number of aryl methyl sites for hydroxylation is 1. The van der Waals surface area contributed by atoms with Gasteiger partial charge in [0.25, 0.3) is 11.5 Å². The standard InChI is InChI=1S/C29H27N3O5/c1-31-12-11-21(14-27(31)35)30-24-9-5-8-20-10-13-32(17-23(20)24)29(36)28-25(34)15-22(33)16-26(28)37-18-19-6-3-2-4-7-19/h2-9,11-12,14-16,30,33-34H,10,13,17-18H2,1H3. The van der Waals surface area contributed by atoms with Crippen LogP contribution in [0.2, 0.25) is 0 Å². The lowest BCUT2D eigenvalue weighted by atomic mass is 9.97. The zero-order valence-corrected chi connectivity index (χ0v) is 20.3. The molecule has 8 heteroatoms. The van der Waals surface area contributed by atoms with Crippen molar-refractivity contribution in [2.24, 2.45) is 7.05 Å². The number of phenolic OH excluding ortho intramolecular Hbond substituents is 2. The Balaban J connectivity index is 1.41. The number of phenols is 2. The van der Waals surface area contributed by atoms with E-state index in [1.807, 2.05) is 54.6 Å². The number of ether oxygens (including phenoxy) is 1. The fraction of sp³-hybridized carbons (Fsp3) is 0.172. The number of hydrogen-bond acceptors (Lipinski definition) is 6. The number of aromatic nitrogens is 1. The predicted octanol–water partition coefficient (Wildman–Crippen LogP) is 4.32. The van der Waals surface area contributed by atoms with Gasteiger partial charge in [0.2, 0.25) is 0 Å². The second-order valence-corrected chi connectivity index (χ2v) is 9.02. The van der Waals surface area contributed by atoms with Crippen LogP contribution >= 0.6 is 0 Å². The molecule has 0 atom stereocenters. The molecular weight excluding hydrogens is 470 g/mol. The lowest BCUT2D eigenvalue weighted by Crippen LogP contribution is -2.36. The Morgan fingerprint density at radius 2 is 1.84 bits per heavy atom. The highest BCUT2D eigenvalue weighted by Gasteiger charge is 2.28. The Bertz CT molecular complexity index is 1510. The molecule has 0 unspecified atom stereocenters. The van der Waals surface area contributed by atoms with Crippen LogP contribution in [0.4, 0.5) is 11.4 Å². The Hall–Kier alpha value is -4.72. The molecule has 5 rings (SSSR count). The molecule has 0 bridgehead atoms. The summed E-state index contributed by atoms with van der Waals surface area (Å²) in [7, 11) is 1.69. The number of nitrogens with zero attached hydrogens (tertiary/aromatic N) is 2. The van der Waals surface area contributed by atoms with Crippen LogP contribution in [-0.4, -0.2) is 32.1 Å². The van der Waals surface area contributed by atoms with E-state index in [1.54, 1.807) is 18.1 Å². The molecule has 37 heavy (non-hydrogen) atoms. The van der Waals surface area contributed by atoms with E-state index in [1.165, 1.54) is 16.7 Å². The van der Waals surface area contributed by atoms with Crippen molar-refractivity contribution < 1.29 is 19.7 Å². The molecule has 0 saturated heterocycles. The highest BCUT2D eigenvalue weighted by molar-refractivity contribution is 6.00. The van der Waals surface area contributed by atoms with Crippen LogP contribution in [0.15, 0.2) is 83.8 Å². The van der Waals surface area contributed by atoms with E-state index >= 15 is 0 Å². The minimum atomic E-state index is -0.394. The van der Waals surface area contributed by atoms with Crippen LogP contribution in [0.1, 0.15) is 27.0 Å². The van der Waals surface area contributed by atoms with Gasteiger partial charge in [0.15, 0.2) is 0 Å². The molecule has 0 aliphatic carbocycles. The molecule has 1 amide bonds. The zero-order valence-electron chi connectivity index (χ0n) is 20.3. The average Bonchev–Trinajstić information content (AvgIpc) is 2.89. The maximum atomic E-state index is 13.7. The van der Waals surface area contributed by atoms with Crippen LogP contribution in [0, 0.1) is 0 Å². The number of nitrogens with one attached hydrogen (secondary N) is 1. The van der Waals surface area contributed by atoms with Gasteiger partial charge in [-0.05, 0) is 35.2 Å². The zero-order chi connectivity index (χ0) is 25.9. The second-order valence-electron chi connectivity index (χ2n) is 9.02. The van der Waals surface area contributed by atoms with Crippen molar-refractivity contribution in [1.82, 2.24) is 9.47 Å². The van der Waals surface area contributed by atoms with Gasteiger partial charge >= 0.3 is 0 Å². The van der Waals surface area contributed by atoms with Gasteiger partial charge in [-0.2, -0.15) is 0 Å². The second kappa shape index (κ2) is 10.1. The Kier molecular flexibility index (Phi) is 6.55. The molecule has 1 aliphatic rings. The van der Waals surface area contributed by atoms with Crippen molar-refractivity contribution in [3.05, 3.63) is 112 Å². The van der Waals surface area contributed by atoms with Crippen molar-refractivity contribution in [3.63, 3.8) is 0 Å². The lowest BCUT2D eigenvalue weighted by Gasteiger charge is -2.31. The molecule has 0 saturated carbocycles. The topological polar surface area (TPSA) is 104 Å². The van der Waals surface area contributed by atoms with Gasteiger partial charge < -0.3 is 29.7 Å². The summed E-state index contributed by atoms with van der Waals surface area (Å²) >= 11 is 0. The van der Waals surface area contributed by atoms with E-state index in [0.29, 0.717) is 25.2 Å². The Morgan fingerprint density at radius 1 is 1.03 bits per heavy atom. The fourth-order valence-electron chi connectivity index (χ4n) is 4.46. The number of amides is 1. The van der Waals surface area contributed by atoms with Gasteiger partial charge in [-0.25, -0.2) is 0 Å². The minimum absolute atomic E-state index is 0.00850. The SMILES string of the molecule is Cn1ccc(Nc2cccc3c2CN(C(=O)c2c(O)cc(O)cc2OCc2ccccc2)CC3)cc1=O. The number of hydrogen-bond donors (Lipinski definition) is 3. The number of fused-ring (bicyclic) bond motifs is 1. The summed E-state index contributed by atoms with van der Waals surface area (Å²) in [6.45, 7) is 0.942. The molecule has 1 aliphatic heterocycles. The summed E-state index contributed by atoms with van der Waals surface area (Å²) < 4.78 is 7.37. The van der Waals surface area contributed by atoms with E-state index in [-0.39, 0.29) is 35.0 Å². The summed E-state index contributed by atoms with van der Waals surface area (Å²) in [5.41, 5.74) is 4.28. The molecule has 188 valence electrons. The molecule has 0 fully saturated rings. The van der Waals surface area contributed by atoms with Gasteiger partial charge in [-0.3, -0.25) is 9.59 Å². The molecule has 3 aromatic carbocycles. The number of aromatic hydroxyl groups is 2. The molecule has 3 N–H and O–H groups in total. The van der Waals surface area contributed by atoms with Crippen molar-refractivity contribution in [1.29, 1.82) is 0 Å². The van der Waals surface area contributed by atoms with Gasteiger partial charge in [0.1, 0.15) is 29.4 Å². The molecular formula is C29H27N3O5. The minimum Gasteiger partial charge on any atom is -0.508 e. The van der Waals surface area contributed by atoms with E-state index < -0.39 is 5.91 Å². The third-order valence-corrected chi connectivity index (χ3v) is 6.46. The first kappa shape index (κ1) is 24.0. The van der Waals surface area contributed by atoms with Crippen LogP contribution < -0.4 is 15.6 Å².